The van der Waals surface area contributed by atoms with Gasteiger partial charge in [-0.05, 0) is 63.4 Å². The van der Waals surface area contributed by atoms with Crippen LogP contribution < -0.4 is 0 Å². The van der Waals surface area contributed by atoms with Gasteiger partial charge in [-0.15, -0.1) is 11.3 Å². The second-order valence-corrected chi connectivity index (χ2v) is 8.77. The van der Waals surface area contributed by atoms with Gasteiger partial charge < -0.3 is 4.57 Å². The molecule has 0 amide bonds. The van der Waals surface area contributed by atoms with E-state index in [0.717, 1.165) is 13.1 Å². The van der Waals surface area contributed by atoms with E-state index in [2.05, 4.69) is 57.0 Å². The number of piperidine rings is 1. The third-order valence-electron chi connectivity index (χ3n) is 5.92. The molecule has 2 aliphatic rings. The third-order valence-corrected chi connectivity index (χ3v) is 6.75. The van der Waals surface area contributed by atoms with Crippen LogP contribution in [0.4, 0.5) is 0 Å². The zero-order valence-electron chi connectivity index (χ0n) is 14.9. The molecule has 1 spiro atoms. The number of aryl methyl sites for hydroxylation is 2. The van der Waals surface area contributed by atoms with Gasteiger partial charge >= 0.3 is 0 Å². The highest BCUT2D eigenvalue weighted by Crippen LogP contribution is 2.41. The van der Waals surface area contributed by atoms with E-state index < -0.39 is 0 Å². The van der Waals surface area contributed by atoms with Gasteiger partial charge in [-0.25, -0.2) is 4.98 Å². The van der Waals surface area contributed by atoms with Gasteiger partial charge in [0.15, 0.2) is 0 Å². The van der Waals surface area contributed by atoms with Crippen LogP contribution in [0.3, 0.4) is 0 Å². The van der Waals surface area contributed by atoms with Crippen LogP contribution >= 0.6 is 11.3 Å². The summed E-state index contributed by atoms with van der Waals surface area (Å²) < 4.78 is 2.25. The van der Waals surface area contributed by atoms with E-state index in [1.165, 1.54) is 61.8 Å². The van der Waals surface area contributed by atoms with E-state index in [4.69, 9.17) is 0 Å². The molecule has 4 rings (SSSR count). The highest BCUT2D eigenvalue weighted by Gasteiger charge is 2.40. The summed E-state index contributed by atoms with van der Waals surface area (Å²) >= 11 is 1.77. The average Bonchev–Trinajstić information content (AvgIpc) is 3.26. The molecule has 130 valence electrons. The van der Waals surface area contributed by atoms with Crippen molar-refractivity contribution in [3.05, 3.63) is 40.1 Å². The van der Waals surface area contributed by atoms with Crippen molar-refractivity contribution in [1.82, 2.24) is 19.4 Å². The van der Waals surface area contributed by atoms with Crippen LogP contribution in [-0.2, 0) is 20.1 Å². The largest absolute Gasteiger partial charge is 0.353 e. The molecule has 0 radical (unpaired) electrons. The van der Waals surface area contributed by atoms with Crippen LogP contribution in [0.25, 0.3) is 0 Å². The van der Waals surface area contributed by atoms with Crippen LogP contribution in [0.15, 0.2) is 23.7 Å². The number of hydrogen-bond acceptors (Lipinski definition) is 4. The van der Waals surface area contributed by atoms with E-state index in [1.807, 2.05) is 0 Å². The maximum atomic E-state index is 4.64. The Morgan fingerprint density at radius 1 is 1.12 bits per heavy atom. The smallest absolute Gasteiger partial charge is 0.0897 e. The van der Waals surface area contributed by atoms with Crippen LogP contribution in [0.2, 0.25) is 0 Å². The van der Waals surface area contributed by atoms with Gasteiger partial charge in [-0.1, -0.05) is 0 Å². The Morgan fingerprint density at radius 3 is 2.50 bits per heavy atom. The van der Waals surface area contributed by atoms with Crippen molar-refractivity contribution in [2.24, 2.45) is 12.5 Å². The molecule has 0 bridgehead atoms. The lowest BCUT2D eigenvalue weighted by Gasteiger charge is -2.39. The first-order valence-electron chi connectivity index (χ1n) is 9.08. The monoisotopic (exact) mass is 344 g/mol. The van der Waals surface area contributed by atoms with Crippen LogP contribution in [0.1, 0.15) is 35.7 Å². The predicted molar refractivity (Wildman–Crippen MR) is 99.1 cm³/mol. The van der Waals surface area contributed by atoms with E-state index in [9.17, 15) is 0 Å². The SMILES string of the molecule is Cc1nc(CN2CCC3(CCN(Cc4cccn4C)CC3)C2)cs1. The number of likely N-dealkylation sites (tertiary alicyclic amines) is 2. The minimum atomic E-state index is 0.565. The molecular weight excluding hydrogens is 316 g/mol. The summed E-state index contributed by atoms with van der Waals surface area (Å²) in [6.45, 7) is 9.24. The first kappa shape index (κ1) is 16.3. The minimum Gasteiger partial charge on any atom is -0.353 e. The lowest BCUT2D eigenvalue weighted by molar-refractivity contribution is 0.100. The fourth-order valence-electron chi connectivity index (χ4n) is 4.36. The Kier molecular flexibility index (Phi) is 4.50. The number of rotatable bonds is 4. The van der Waals surface area contributed by atoms with Crippen molar-refractivity contribution in [1.29, 1.82) is 0 Å². The molecule has 0 unspecified atom stereocenters. The summed E-state index contributed by atoms with van der Waals surface area (Å²) in [5.41, 5.74) is 3.25. The summed E-state index contributed by atoms with van der Waals surface area (Å²) in [6.07, 6.45) is 6.22. The molecule has 0 saturated carbocycles. The maximum absolute atomic E-state index is 4.64. The van der Waals surface area contributed by atoms with Crippen LogP contribution in [-0.4, -0.2) is 45.5 Å². The minimum absolute atomic E-state index is 0.565. The van der Waals surface area contributed by atoms with Crippen LogP contribution in [0, 0.1) is 12.3 Å². The normalized spacial score (nSPS) is 21.8. The quantitative estimate of drug-likeness (QED) is 0.851. The van der Waals surface area contributed by atoms with Gasteiger partial charge in [0.1, 0.15) is 0 Å². The summed E-state index contributed by atoms with van der Waals surface area (Å²) in [5.74, 6) is 0. The molecule has 0 N–H and O–H groups in total. The standard InChI is InChI=1S/C19H28N4S/c1-16-20-17(14-24-16)12-23-11-7-19(15-23)5-9-22(10-6-19)13-18-4-3-8-21(18)2/h3-4,8,14H,5-7,9-13,15H2,1-2H3. The molecule has 2 aromatic rings. The Balaban J connectivity index is 1.30. The van der Waals surface area contributed by atoms with Crippen molar-refractivity contribution >= 4 is 11.3 Å². The van der Waals surface area contributed by atoms with Gasteiger partial charge in [0.05, 0.1) is 10.7 Å². The zero-order chi connectivity index (χ0) is 16.6. The highest BCUT2D eigenvalue weighted by molar-refractivity contribution is 7.09. The van der Waals surface area contributed by atoms with E-state index in [1.54, 1.807) is 11.3 Å². The molecule has 24 heavy (non-hydrogen) atoms. The van der Waals surface area contributed by atoms with Gasteiger partial charge in [0, 0.05) is 44.0 Å². The first-order chi connectivity index (χ1) is 11.6. The van der Waals surface area contributed by atoms with Gasteiger partial charge in [-0.3, -0.25) is 9.80 Å². The molecular formula is C19H28N4S. The summed E-state index contributed by atoms with van der Waals surface area (Å²) in [6, 6.07) is 4.40. The molecule has 2 aliphatic heterocycles. The Bertz CT molecular complexity index is 681. The van der Waals surface area contributed by atoms with Gasteiger partial charge in [0.2, 0.25) is 0 Å². The molecule has 4 nitrogen and oxygen atoms in total. The van der Waals surface area contributed by atoms with Gasteiger partial charge in [-0.2, -0.15) is 0 Å². The molecule has 2 saturated heterocycles. The number of thiazole rings is 1. The number of nitrogens with zero attached hydrogens (tertiary/aromatic N) is 4. The van der Waals surface area contributed by atoms with Crippen molar-refractivity contribution in [2.45, 2.75) is 39.3 Å². The van der Waals surface area contributed by atoms with Crippen molar-refractivity contribution < 1.29 is 0 Å². The summed E-state index contributed by atoms with van der Waals surface area (Å²) in [4.78, 5) is 9.89. The molecule has 0 aromatic carbocycles. The molecule has 5 heteroatoms. The maximum Gasteiger partial charge on any atom is 0.0897 e. The summed E-state index contributed by atoms with van der Waals surface area (Å²) in [7, 11) is 2.15. The molecule has 2 aromatic heterocycles. The zero-order valence-corrected chi connectivity index (χ0v) is 15.7. The number of hydrogen-bond donors (Lipinski definition) is 0. The Labute approximate surface area is 149 Å². The van der Waals surface area contributed by atoms with Crippen molar-refractivity contribution in [2.75, 3.05) is 26.2 Å². The fourth-order valence-corrected chi connectivity index (χ4v) is 4.96. The third kappa shape index (κ3) is 3.44. The Hall–Kier alpha value is -1.17. The molecule has 0 aliphatic carbocycles. The van der Waals surface area contributed by atoms with Crippen LogP contribution in [0.5, 0.6) is 0 Å². The lowest BCUT2D eigenvalue weighted by Crippen LogP contribution is -2.41. The Morgan fingerprint density at radius 2 is 1.88 bits per heavy atom. The summed E-state index contributed by atoms with van der Waals surface area (Å²) in [5, 5.41) is 3.41. The van der Waals surface area contributed by atoms with E-state index in [0.29, 0.717) is 5.41 Å². The molecule has 4 heterocycles. The fraction of sp³-hybridized carbons (Fsp3) is 0.632. The van der Waals surface area contributed by atoms with E-state index in [-0.39, 0.29) is 0 Å². The molecule has 0 atom stereocenters. The lowest BCUT2D eigenvalue weighted by atomic mass is 9.78. The predicted octanol–water partition coefficient (Wildman–Crippen LogP) is 3.28. The van der Waals surface area contributed by atoms with E-state index >= 15 is 0 Å². The second kappa shape index (κ2) is 6.62. The van der Waals surface area contributed by atoms with Gasteiger partial charge in [0.25, 0.3) is 0 Å². The first-order valence-corrected chi connectivity index (χ1v) is 9.96. The average molecular weight is 345 g/mol. The second-order valence-electron chi connectivity index (χ2n) is 7.71. The van der Waals surface area contributed by atoms with Crippen molar-refractivity contribution in [3.8, 4) is 0 Å². The highest BCUT2D eigenvalue weighted by atomic mass is 32.1. The number of aromatic nitrogens is 2. The van der Waals surface area contributed by atoms with Crippen molar-refractivity contribution in [3.63, 3.8) is 0 Å². The molecule has 2 fully saturated rings. The topological polar surface area (TPSA) is 24.3 Å².